The van der Waals surface area contributed by atoms with Crippen molar-refractivity contribution in [3.63, 3.8) is 0 Å². The van der Waals surface area contributed by atoms with Gasteiger partial charge in [-0.1, -0.05) is 18.2 Å². The maximum absolute atomic E-state index is 12.6. The van der Waals surface area contributed by atoms with Gasteiger partial charge in [-0.15, -0.1) is 0 Å². The van der Waals surface area contributed by atoms with Crippen molar-refractivity contribution < 1.29 is 14.7 Å². The molecule has 6 heteroatoms. The summed E-state index contributed by atoms with van der Waals surface area (Å²) >= 11 is 0. The number of nitrogens with zero attached hydrogens (tertiary/aromatic N) is 1. The molecule has 1 amide bonds. The van der Waals surface area contributed by atoms with Gasteiger partial charge in [0, 0.05) is 49.7 Å². The first-order valence-electron chi connectivity index (χ1n) is 8.39. The Labute approximate surface area is 140 Å². The number of benzene rings is 1. The zero-order chi connectivity index (χ0) is 16.9. The number of carboxylic acids is 1. The van der Waals surface area contributed by atoms with E-state index in [1.807, 2.05) is 29.3 Å². The number of carbonyl (C=O) groups excluding carboxylic acids is 1. The van der Waals surface area contributed by atoms with Gasteiger partial charge in [-0.05, 0) is 24.0 Å². The summed E-state index contributed by atoms with van der Waals surface area (Å²) in [6.07, 6.45) is 3.20. The second kappa shape index (κ2) is 7.49. The van der Waals surface area contributed by atoms with Gasteiger partial charge in [0.1, 0.15) is 0 Å². The number of hydrogen-bond acceptors (Lipinski definition) is 3. The smallest absolute Gasteiger partial charge is 0.303 e. The fraction of sp³-hybridized carbons (Fsp3) is 0.444. The van der Waals surface area contributed by atoms with Crippen molar-refractivity contribution in [2.45, 2.75) is 19.3 Å². The molecule has 1 aromatic carbocycles. The molecule has 0 radical (unpaired) electrons. The highest BCUT2D eigenvalue weighted by Crippen LogP contribution is 2.19. The average molecular weight is 329 g/mol. The zero-order valence-corrected chi connectivity index (χ0v) is 13.6. The van der Waals surface area contributed by atoms with E-state index < -0.39 is 5.97 Å². The summed E-state index contributed by atoms with van der Waals surface area (Å²) in [6.45, 7) is 2.53. The van der Waals surface area contributed by atoms with Gasteiger partial charge in [0.15, 0.2) is 0 Å². The normalized spacial score (nSPS) is 18.5. The minimum atomic E-state index is -0.810. The molecule has 3 rings (SSSR count). The fourth-order valence-corrected chi connectivity index (χ4v) is 3.34. The van der Waals surface area contributed by atoms with E-state index in [1.165, 1.54) is 0 Å². The number of H-pyrrole nitrogens is 1. The SMILES string of the molecule is O=C(O)CC1CNCCN(C(=O)CCc2c[nH]c3ccccc23)C1. The van der Waals surface area contributed by atoms with Crippen molar-refractivity contribution in [3.8, 4) is 0 Å². The van der Waals surface area contributed by atoms with Gasteiger partial charge in [0.05, 0.1) is 6.42 Å². The summed E-state index contributed by atoms with van der Waals surface area (Å²) in [4.78, 5) is 28.5. The van der Waals surface area contributed by atoms with Crippen LogP contribution in [-0.2, 0) is 16.0 Å². The molecule has 0 spiro atoms. The van der Waals surface area contributed by atoms with Crippen molar-refractivity contribution in [1.82, 2.24) is 15.2 Å². The number of fused-ring (bicyclic) bond motifs is 1. The first-order chi connectivity index (χ1) is 11.6. The van der Waals surface area contributed by atoms with E-state index in [2.05, 4.69) is 16.4 Å². The van der Waals surface area contributed by atoms with Crippen molar-refractivity contribution in [3.05, 3.63) is 36.0 Å². The van der Waals surface area contributed by atoms with Gasteiger partial charge in [0.2, 0.25) is 5.91 Å². The van der Waals surface area contributed by atoms with Crippen LogP contribution in [0.3, 0.4) is 0 Å². The molecule has 128 valence electrons. The molecule has 3 N–H and O–H groups in total. The van der Waals surface area contributed by atoms with E-state index in [1.54, 1.807) is 0 Å². The number of aromatic nitrogens is 1. The van der Waals surface area contributed by atoms with Crippen LogP contribution in [0, 0.1) is 5.92 Å². The Balaban J connectivity index is 1.60. The van der Waals surface area contributed by atoms with Crippen LogP contribution in [0.2, 0.25) is 0 Å². The molecule has 1 aromatic heterocycles. The number of carboxylic acid groups (broad SMARTS) is 1. The second-order valence-electron chi connectivity index (χ2n) is 6.37. The maximum atomic E-state index is 12.6. The van der Waals surface area contributed by atoms with Gasteiger partial charge in [-0.25, -0.2) is 0 Å². The third kappa shape index (κ3) is 3.94. The first-order valence-corrected chi connectivity index (χ1v) is 8.39. The Kier molecular flexibility index (Phi) is 5.15. The number of aryl methyl sites for hydroxylation is 1. The molecule has 1 aliphatic rings. The Hall–Kier alpha value is -2.34. The highest BCUT2D eigenvalue weighted by molar-refractivity contribution is 5.84. The number of para-hydroxylation sites is 1. The molecule has 1 fully saturated rings. The van der Waals surface area contributed by atoms with E-state index in [4.69, 9.17) is 5.11 Å². The molecular weight excluding hydrogens is 306 g/mol. The molecular formula is C18H23N3O3. The Bertz CT molecular complexity index is 725. The van der Waals surface area contributed by atoms with E-state index in [0.717, 1.165) is 23.0 Å². The molecule has 1 unspecified atom stereocenters. The summed E-state index contributed by atoms with van der Waals surface area (Å²) in [6, 6.07) is 8.07. The number of nitrogens with one attached hydrogen (secondary N) is 2. The van der Waals surface area contributed by atoms with Crippen molar-refractivity contribution in [2.75, 3.05) is 26.2 Å². The van der Waals surface area contributed by atoms with Gasteiger partial charge in [-0.3, -0.25) is 9.59 Å². The van der Waals surface area contributed by atoms with Crippen LogP contribution in [0.25, 0.3) is 10.9 Å². The van der Waals surface area contributed by atoms with Crippen LogP contribution < -0.4 is 5.32 Å². The zero-order valence-electron chi connectivity index (χ0n) is 13.6. The Morgan fingerprint density at radius 1 is 1.29 bits per heavy atom. The van der Waals surface area contributed by atoms with Crippen LogP contribution >= 0.6 is 0 Å². The molecule has 1 atom stereocenters. The van der Waals surface area contributed by atoms with Crippen molar-refractivity contribution >= 4 is 22.8 Å². The summed E-state index contributed by atoms with van der Waals surface area (Å²) < 4.78 is 0. The quantitative estimate of drug-likeness (QED) is 0.778. The molecule has 1 aliphatic heterocycles. The number of hydrogen-bond donors (Lipinski definition) is 3. The number of rotatable bonds is 5. The molecule has 0 aliphatic carbocycles. The summed E-state index contributed by atoms with van der Waals surface area (Å²) in [5.41, 5.74) is 2.23. The van der Waals surface area contributed by atoms with Crippen LogP contribution in [0.5, 0.6) is 0 Å². The van der Waals surface area contributed by atoms with Gasteiger partial charge >= 0.3 is 5.97 Å². The average Bonchev–Trinajstić information content (AvgIpc) is 2.83. The molecule has 6 nitrogen and oxygen atoms in total. The maximum Gasteiger partial charge on any atom is 0.303 e. The van der Waals surface area contributed by atoms with E-state index in [0.29, 0.717) is 32.5 Å². The molecule has 1 saturated heterocycles. The molecule has 2 heterocycles. The van der Waals surface area contributed by atoms with Crippen LogP contribution in [0.15, 0.2) is 30.5 Å². The summed E-state index contributed by atoms with van der Waals surface area (Å²) in [5.74, 6) is -0.740. The first kappa shape index (κ1) is 16.5. The van der Waals surface area contributed by atoms with Crippen molar-refractivity contribution in [2.24, 2.45) is 5.92 Å². The lowest BCUT2D eigenvalue weighted by molar-refractivity contribution is -0.139. The molecule has 0 bridgehead atoms. The largest absolute Gasteiger partial charge is 0.481 e. The minimum Gasteiger partial charge on any atom is -0.481 e. The molecule has 0 saturated carbocycles. The number of aliphatic carboxylic acids is 1. The van der Waals surface area contributed by atoms with Crippen LogP contribution in [0.4, 0.5) is 0 Å². The van der Waals surface area contributed by atoms with Crippen LogP contribution in [-0.4, -0.2) is 53.0 Å². The summed E-state index contributed by atoms with van der Waals surface area (Å²) in [7, 11) is 0. The standard InChI is InChI=1S/C18H23N3O3/c22-17(21-8-7-19-10-13(12-21)9-18(23)24)6-5-14-11-20-16-4-2-1-3-15(14)16/h1-4,11,13,19-20H,5-10,12H2,(H,23,24). The van der Waals surface area contributed by atoms with Gasteiger partial charge < -0.3 is 20.3 Å². The third-order valence-corrected chi connectivity index (χ3v) is 4.57. The lowest BCUT2D eigenvalue weighted by atomic mass is 10.0. The second-order valence-corrected chi connectivity index (χ2v) is 6.37. The predicted molar refractivity (Wildman–Crippen MR) is 91.8 cm³/mol. The van der Waals surface area contributed by atoms with E-state index in [-0.39, 0.29) is 18.2 Å². The van der Waals surface area contributed by atoms with Crippen LogP contribution in [0.1, 0.15) is 18.4 Å². The predicted octanol–water partition coefficient (Wildman–Crippen LogP) is 1.62. The highest BCUT2D eigenvalue weighted by atomic mass is 16.4. The summed E-state index contributed by atoms with van der Waals surface area (Å²) in [5, 5.41) is 13.4. The number of carbonyl (C=O) groups is 2. The van der Waals surface area contributed by atoms with E-state index >= 15 is 0 Å². The lowest BCUT2D eigenvalue weighted by Crippen LogP contribution is -2.36. The van der Waals surface area contributed by atoms with Gasteiger partial charge in [0.25, 0.3) is 0 Å². The molecule has 24 heavy (non-hydrogen) atoms. The highest BCUT2D eigenvalue weighted by Gasteiger charge is 2.23. The number of amides is 1. The monoisotopic (exact) mass is 329 g/mol. The fourth-order valence-electron chi connectivity index (χ4n) is 3.34. The topological polar surface area (TPSA) is 85.4 Å². The Morgan fingerprint density at radius 3 is 2.96 bits per heavy atom. The van der Waals surface area contributed by atoms with Crippen molar-refractivity contribution in [1.29, 1.82) is 0 Å². The minimum absolute atomic E-state index is 0.0259. The van der Waals surface area contributed by atoms with Gasteiger partial charge in [-0.2, -0.15) is 0 Å². The lowest BCUT2D eigenvalue weighted by Gasteiger charge is -2.23. The van der Waals surface area contributed by atoms with E-state index in [9.17, 15) is 9.59 Å². The third-order valence-electron chi connectivity index (χ3n) is 4.57. The Morgan fingerprint density at radius 2 is 2.12 bits per heavy atom. The molecule has 2 aromatic rings. The number of aromatic amines is 1.